The molecule has 2 aromatic carbocycles. The molecule has 10 aliphatic rings. The van der Waals surface area contributed by atoms with E-state index in [4.69, 9.17) is 10.2 Å². The molecule has 10 bridgehead atoms. The lowest BCUT2D eigenvalue weighted by Gasteiger charge is -2.57. The lowest BCUT2D eigenvalue weighted by molar-refractivity contribution is -0.00630. The maximum absolute atomic E-state index is 11.0. The van der Waals surface area contributed by atoms with E-state index in [1.54, 1.807) is 31.4 Å². The van der Waals surface area contributed by atoms with Gasteiger partial charge >= 0.3 is 0 Å². The first kappa shape index (κ1) is 32.3. The Labute approximate surface area is 290 Å². The van der Waals surface area contributed by atoms with Crippen LogP contribution in [0.5, 0.6) is 23.0 Å². The zero-order valence-electron chi connectivity index (χ0n) is 28.5. The van der Waals surface area contributed by atoms with Crippen LogP contribution in [0.1, 0.15) is 134 Å². The molecule has 256 valence electrons. The summed E-state index contributed by atoms with van der Waals surface area (Å²) in [6.45, 7) is 2.41. The van der Waals surface area contributed by atoms with Crippen LogP contribution in [0.25, 0.3) is 0 Å². The molecule has 0 aromatic heterocycles. The topological polar surface area (TPSA) is 80.9 Å². The number of fused-ring (bicyclic) bond motifs is 2. The van der Waals surface area contributed by atoms with Crippen molar-refractivity contribution in [1.29, 1.82) is 0 Å². The summed E-state index contributed by atoms with van der Waals surface area (Å²) in [6.07, 6.45) is 24.9. The summed E-state index contributed by atoms with van der Waals surface area (Å²) < 4.78 is 0.613. The second-order valence-electron chi connectivity index (χ2n) is 18.5. The first-order valence-corrected chi connectivity index (χ1v) is 20.0. The van der Waals surface area contributed by atoms with E-state index in [9.17, 15) is 10.2 Å². The molecule has 4 N–H and O–H groups in total. The van der Waals surface area contributed by atoms with Crippen molar-refractivity contribution in [2.24, 2.45) is 47.3 Å². The van der Waals surface area contributed by atoms with Gasteiger partial charge < -0.3 is 20.4 Å². The van der Waals surface area contributed by atoms with E-state index in [1.807, 2.05) is 0 Å². The van der Waals surface area contributed by atoms with Gasteiger partial charge in [0.1, 0.15) is 23.0 Å². The van der Waals surface area contributed by atoms with Crippen LogP contribution < -0.4 is 0 Å². The van der Waals surface area contributed by atoms with Gasteiger partial charge in [0.05, 0.1) is 0 Å². The van der Waals surface area contributed by atoms with Crippen LogP contribution in [-0.4, -0.2) is 24.8 Å². The molecule has 5 heteroatoms. The molecule has 10 aliphatic carbocycles. The number of hydrogen-bond donors (Lipinski definition) is 4. The number of hydrogen-bond acceptors (Lipinski definition) is 4. The molecule has 3 unspecified atom stereocenters. The summed E-state index contributed by atoms with van der Waals surface area (Å²) in [5.74, 6) is 8.39. The number of rotatable bonds is 2. The van der Waals surface area contributed by atoms with Crippen LogP contribution in [0.2, 0.25) is 0 Å². The fourth-order valence-corrected chi connectivity index (χ4v) is 15.3. The molecule has 47 heavy (non-hydrogen) atoms. The van der Waals surface area contributed by atoms with Crippen LogP contribution in [0.3, 0.4) is 0 Å². The van der Waals surface area contributed by atoms with E-state index < -0.39 is 0 Å². The van der Waals surface area contributed by atoms with Crippen LogP contribution in [0.15, 0.2) is 36.4 Å². The smallest absolute Gasteiger partial charge is 0.123 e. The molecule has 0 spiro atoms. The number of halogens is 1. The fraction of sp³-hybridized carbons (Fsp3) is 0.714. The zero-order valence-corrected chi connectivity index (χ0v) is 30.1. The average Bonchev–Trinajstić information content (AvgIpc) is 2.95. The monoisotopic (exact) mass is 704 g/mol. The van der Waals surface area contributed by atoms with Crippen molar-refractivity contribution in [2.75, 3.05) is 0 Å². The summed E-state index contributed by atoms with van der Waals surface area (Å²) in [7, 11) is 0. The first-order chi connectivity index (χ1) is 22.5. The quantitative estimate of drug-likeness (QED) is 0.235. The van der Waals surface area contributed by atoms with Gasteiger partial charge in [-0.2, -0.15) is 0 Å². The average molecular weight is 706 g/mol. The highest BCUT2D eigenvalue weighted by atomic mass is 79.9. The molecule has 12 rings (SSSR count). The van der Waals surface area contributed by atoms with Crippen molar-refractivity contribution in [3.8, 4) is 23.0 Å². The van der Waals surface area contributed by atoms with Crippen LogP contribution in [0.4, 0.5) is 0 Å². The van der Waals surface area contributed by atoms with E-state index in [1.165, 1.54) is 126 Å². The molecule has 2 aromatic rings. The summed E-state index contributed by atoms with van der Waals surface area (Å²) in [5, 5.41) is 39.3. The summed E-state index contributed by atoms with van der Waals surface area (Å²) in [6, 6.07) is 9.89. The van der Waals surface area contributed by atoms with Gasteiger partial charge in [0.15, 0.2) is 0 Å². The maximum Gasteiger partial charge on any atom is 0.123 e. The van der Waals surface area contributed by atoms with E-state index in [2.05, 4.69) is 28.9 Å². The molecule has 10 fully saturated rings. The predicted octanol–water partition coefficient (Wildman–Crippen LogP) is 10.9. The highest BCUT2D eigenvalue weighted by Gasteiger charge is 2.54. The van der Waals surface area contributed by atoms with Gasteiger partial charge in [-0.3, -0.25) is 0 Å². The van der Waals surface area contributed by atoms with Gasteiger partial charge in [-0.15, -0.1) is 0 Å². The number of aromatic hydroxyl groups is 4. The number of alkyl halides is 1. The minimum absolute atomic E-state index is 0.0880. The Hall–Kier alpha value is -1.88. The molecule has 3 atom stereocenters. The van der Waals surface area contributed by atoms with Crippen molar-refractivity contribution in [3.63, 3.8) is 0 Å². The molecule has 10 saturated carbocycles. The third-order valence-corrected chi connectivity index (χ3v) is 15.5. The molecule has 0 heterocycles. The van der Waals surface area contributed by atoms with E-state index in [-0.39, 0.29) is 22.3 Å². The van der Waals surface area contributed by atoms with E-state index in [0.29, 0.717) is 15.8 Å². The normalized spacial score (nSPS) is 43.4. The first-order valence-electron chi connectivity index (χ1n) is 19.2. The zero-order chi connectivity index (χ0) is 32.6. The Morgan fingerprint density at radius 1 is 0.553 bits per heavy atom. The molecule has 0 saturated heterocycles. The highest BCUT2D eigenvalue weighted by molar-refractivity contribution is 9.10. The maximum atomic E-state index is 11.0. The largest absolute Gasteiger partial charge is 0.508 e. The Balaban J connectivity index is 0.000000138. The Morgan fingerprint density at radius 2 is 1.02 bits per heavy atom. The minimum Gasteiger partial charge on any atom is -0.508 e. The number of phenols is 4. The number of benzene rings is 2. The summed E-state index contributed by atoms with van der Waals surface area (Å²) >= 11 is 3.96. The summed E-state index contributed by atoms with van der Waals surface area (Å²) in [5.41, 5.74) is 2.73. The Bertz CT molecular complexity index is 1340. The van der Waals surface area contributed by atoms with Gasteiger partial charge in [0.2, 0.25) is 0 Å². The molecule has 0 radical (unpaired) electrons. The molecule has 4 nitrogen and oxygen atoms in total. The second-order valence-corrected chi connectivity index (χ2v) is 20.1. The SMILES string of the molecule is BrC12CC3CC(CC(C3)C1)C2.CC1CC2CCCC(c3cc(C45CC6CC(CC(C6)C4)C5)c(O)cc3O)(C1)C2.Oc1cccc(O)c1. The van der Waals surface area contributed by atoms with Crippen molar-refractivity contribution in [3.05, 3.63) is 47.5 Å². The van der Waals surface area contributed by atoms with Crippen LogP contribution in [0, 0.1) is 47.3 Å². The Morgan fingerprint density at radius 3 is 1.49 bits per heavy atom. The van der Waals surface area contributed by atoms with E-state index >= 15 is 0 Å². The summed E-state index contributed by atoms with van der Waals surface area (Å²) in [4.78, 5) is 0. The lowest BCUT2D eigenvalue weighted by Crippen LogP contribution is -2.48. The van der Waals surface area contributed by atoms with Crippen LogP contribution >= 0.6 is 15.9 Å². The third kappa shape index (κ3) is 6.34. The van der Waals surface area contributed by atoms with Gasteiger partial charge in [0.25, 0.3) is 0 Å². The molecule has 0 amide bonds. The van der Waals surface area contributed by atoms with Crippen molar-refractivity contribution in [1.82, 2.24) is 0 Å². The van der Waals surface area contributed by atoms with Crippen molar-refractivity contribution >= 4 is 15.9 Å². The van der Waals surface area contributed by atoms with Gasteiger partial charge in [-0.1, -0.05) is 41.8 Å². The number of phenolic OH excluding ortho intramolecular Hbond substituents is 4. The van der Waals surface area contributed by atoms with E-state index in [0.717, 1.165) is 47.3 Å². The van der Waals surface area contributed by atoms with Crippen molar-refractivity contribution < 1.29 is 20.4 Å². The predicted molar refractivity (Wildman–Crippen MR) is 191 cm³/mol. The second kappa shape index (κ2) is 12.2. The van der Waals surface area contributed by atoms with Gasteiger partial charge in [0, 0.05) is 27.6 Å². The minimum atomic E-state index is 0.0880. The molecular formula is C42H57BrO4. The molecular weight excluding hydrogens is 648 g/mol. The Kier molecular flexibility index (Phi) is 8.37. The lowest BCUT2D eigenvalue weighted by atomic mass is 9.47. The van der Waals surface area contributed by atoms with Gasteiger partial charge in [-0.05, 0) is 179 Å². The standard InChI is InChI=1S/C26H36O2.C10H15Br.C6H6O2/c1-16-5-17-3-2-4-25(11-16,12-17)21-9-22(24(28)10-23(21)27)26-13-18-6-19(14-26)8-20(7-18)15-26;11-10-4-7-1-8(5-10)3-9(2-7)6-10;7-5-2-1-3-6(8)4-5/h9-10,16-20,27-28H,2-8,11-15H2,1H3;7-9H,1-6H2;1-4,7-8H. The molecule has 0 aliphatic heterocycles. The fourth-order valence-electron chi connectivity index (χ4n) is 13.9. The van der Waals surface area contributed by atoms with Crippen molar-refractivity contribution in [2.45, 2.75) is 138 Å². The van der Waals surface area contributed by atoms with Gasteiger partial charge in [-0.25, -0.2) is 0 Å². The third-order valence-electron chi connectivity index (χ3n) is 14.5. The highest BCUT2D eigenvalue weighted by Crippen LogP contribution is 2.63. The van der Waals surface area contributed by atoms with Crippen LogP contribution in [-0.2, 0) is 10.8 Å².